The molecule has 0 aromatic carbocycles. The Morgan fingerprint density at radius 3 is 2.74 bits per heavy atom. The lowest BCUT2D eigenvalue weighted by molar-refractivity contribution is 0.537. The third-order valence-electron chi connectivity index (χ3n) is 3.00. The van der Waals surface area contributed by atoms with E-state index in [1.807, 2.05) is 6.92 Å². The Bertz CT molecular complexity index is 581. The first-order valence-corrected chi connectivity index (χ1v) is 6.54. The van der Waals surface area contributed by atoms with Crippen molar-refractivity contribution in [2.75, 3.05) is 0 Å². The number of hydrogen-bond acceptors (Lipinski definition) is 4. The first-order chi connectivity index (χ1) is 9.04. The molecule has 0 saturated carbocycles. The highest BCUT2D eigenvalue weighted by Gasteiger charge is 2.20. The number of nitrogens with zero attached hydrogens (tertiary/aromatic N) is 3. The number of hydrogen-bond donors (Lipinski definition) is 2. The summed E-state index contributed by atoms with van der Waals surface area (Å²) in [6.07, 6.45) is 2.26. The Morgan fingerprint density at radius 1 is 1.47 bits per heavy atom. The van der Waals surface area contributed by atoms with Crippen LogP contribution < -0.4 is 11.3 Å². The van der Waals surface area contributed by atoms with E-state index in [2.05, 4.69) is 15.5 Å². The van der Waals surface area contributed by atoms with Gasteiger partial charge in [-0.15, -0.1) is 0 Å². The molecule has 0 amide bonds. The molecule has 1 unspecified atom stereocenters. The molecule has 0 aliphatic rings. The van der Waals surface area contributed by atoms with Gasteiger partial charge in [0.05, 0.1) is 22.5 Å². The van der Waals surface area contributed by atoms with E-state index in [0.717, 1.165) is 11.3 Å². The van der Waals surface area contributed by atoms with Crippen molar-refractivity contribution in [2.45, 2.75) is 19.4 Å². The predicted molar refractivity (Wildman–Crippen MR) is 76.0 cm³/mol. The quantitative estimate of drug-likeness (QED) is 0.671. The van der Waals surface area contributed by atoms with Crippen molar-refractivity contribution in [2.24, 2.45) is 12.9 Å². The Labute approximate surface area is 121 Å². The SMILES string of the molecule is Cc1nn(C)c(Cl)c1CC(NN)c1ncccc1Cl. The van der Waals surface area contributed by atoms with Crippen molar-refractivity contribution in [3.05, 3.63) is 45.5 Å². The van der Waals surface area contributed by atoms with E-state index in [1.54, 1.807) is 30.1 Å². The molecular formula is C12H15Cl2N5. The maximum atomic E-state index is 6.22. The van der Waals surface area contributed by atoms with Crippen molar-refractivity contribution in [3.63, 3.8) is 0 Å². The molecule has 102 valence electrons. The van der Waals surface area contributed by atoms with Crippen molar-refractivity contribution in [1.29, 1.82) is 0 Å². The van der Waals surface area contributed by atoms with Crippen LogP contribution >= 0.6 is 23.2 Å². The molecule has 0 spiro atoms. The highest BCUT2D eigenvalue weighted by molar-refractivity contribution is 6.31. The zero-order chi connectivity index (χ0) is 14.0. The highest BCUT2D eigenvalue weighted by Crippen LogP contribution is 2.27. The topological polar surface area (TPSA) is 68.8 Å². The number of halogens is 2. The largest absolute Gasteiger partial charge is 0.271 e. The summed E-state index contributed by atoms with van der Waals surface area (Å²) in [5.41, 5.74) is 5.24. The fourth-order valence-electron chi connectivity index (χ4n) is 2.00. The van der Waals surface area contributed by atoms with Crippen LogP contribution in [0.15, 0.2) is 18.3 Å². The lowest BCUT2D eigenvalue weighted by Gasteiger charge is -2.16. The summed E-state index contributed by atoms with van der Waals surface area (Å²) in [6, 6.07) is 3.35. The Morgan fingerprint density at radius 2 is 2.21 bits per heavy atom. The third-order valence-corrected chi connectivity index (χ3v) is 3.79. The van der Waals surface area contributed by atoms with Gasteiger partial charge < -0.3 is 0 Å². The van der Waals surface area contributed by atoms with Gasteiger partial charge in [-0.2, -0.15) is 5.10 Å². The minimum Gasteiger partial charge on any atom is -0.271 e. The second-order valence-corrected chi connectivity index (χ2v) is 5.04. The monoisotopic (exact) mass is 299 g/mol. The normalized spacial score (nSPS) is 12.7. The fourth-order valence-corrected chi connectivity index (χ4v) is 2.50. The lowest BCUT2D eigenvalue weighted by Crippen LogP contribution is -2.30. The number of aromatic nitrogens is 3. The number of nitrogens with two attached hydrogens (primary N) is 1. The molecule has 2 aromatic heterocycles. The van der Waals surface area contributed by atoms with Gasteiger partial charge in [-0.3, -0.25) is 20.9 Å². The van der Waals surface area contributed by atoms with Gasteiger partial charge in [-0.25, -0.2) is 0 Å². The zero-order valence-corrected chi connectivity index (χ0v) is 12.2. The summed E-state index contributed by atoms with van der Waals surface area (Å²) in [7, 11) is 1.80. The molecule has 2 rings (SSSR count). The van der Waals surface area contributed by atoms with E-state index in [0.29, 0.717) is 22.3 Å². The number of aryl methyl sites for hydroxylation is 2. The van der Waals surface area contributed by atoms with Crippen molar-refractivity contribution in [3.8, 4) is 0 Å². The second-order valence-electron chi connectivity index (χ2n) is 4.27. The second kappa shape index (κ2) is 5.88. The van der Waals surface area contributed by atoms with Crippen LogP contribution in [0.1, 0.15) is 23.0 Å². The fraction of sp³-hybridized carbons (Fsp3) is 0.333. The Kier molecular flexibility index (Phi) is 4.42. The van der Waals surface area contributed by atoms with Crippen LogP contribution in [0.5, 0.6) is 0 Å². The third kappa shape index (κ3) is 2.90. The van der Waals surface area contributed by atoms with Crippen LogP contribution in [0, 0.1) is 6.92 Å². The summed E-state index contributed by atoms with van der Waals surface area (Å²) in [6.45, 7) is 1.91. The molecule has 0 radical (unpaired) electrons. The molecule has 2 heterocycles. The molecule has 0 saturated heterocycles. The van der Waals surface area contributed by atoms with Crippen LogP contribution in [-0.2, 0) is 13.5 Å². The molecule has 1 atom stereocenters. The van der Waals surface area contributed by atoms with E-state index in [4.69, 9.17) is 29.0 Å². The number of hydrazine groups is 1. The van der Waals surface area contributed by atoms with Gasteiger partial charge in [0.2, 0.25) is 0 Å². The summed E-state index contributed by atoms with van der Waals surface area (Å²) in [5.74, 6) is 5.61. The summed E-state index contributed by atoms with van der Waals surface area (Å²) in [4.78, 5) is 4.27. The van der Waals surface area contributed by atoms with Gasteiger partial charge in [-0.05, 0) is 25.5 Å². The summed E-state index contributed by atoms with van der Waals surface area (Å²) in [5, 5.41) is 5.45. The average Bonchev–Trinajstić information content (AvgIpc) is 2.63. The minimum atomic E-state index is -0.214. The summed E-state index contributed by atoms with van der Waals surface area (Å²) >= 11 is 12.4. The van der Waals surface area contributed by atoms with Gasteiger partial charge in [0, 0.05) is 18.8 Å². The number of pyridine rings is 1. The lowest BCUT2D eigenvalue weighted by atomic mass is 10.0. The first-order valence-electron chi connectivity index (χ1n) is 5.79. The molecule has 0 aliphatic heterocycles. The molecule has 19 heavy (non-hydrogen) atoms. The van der Waals surface area contributed by atoms with E-state index in [9.17, 15) is 0 Å². The van der Waals surface area contributed by atoms with E-state index in [-0.39, 0.29) is 6.04 Å². The highest BCUT2D eigenvalue weighted by atomic mass is 35.5. The van der Waals surface area contributed by atoms with Crippen LogP contribution in [-0.4, -0.2) is 14.8 Å². The van der Waals surface area contributed by atoms with Crippen LogP contribution in [0.2, 0.25) is 10.2 Å². The molecule has 0 aliphatic carbocycles. The molecule has 5 nitrogen and oxygen atoms in total. The van der Waals surface area contributed by atoms with E-state index >= 15 is 0 Å². The van der Waals surface area contributed by atoms with Crippen LogP contribution in [0.25, 0.3) is 0 Å². The predicted octanol–water partition coefficient (Wildman–Crippen LogP) is 2.18. The molecule has 7 heteroatoms. The maximum Gasteiger partial charge on any atom is 0.130 e. The van der Waals surface area contributed by atoms with Crippen molar-refractivity contribution >= 4 is 23.2 Å². The molecule has 2 aromatic rings. The number of nitrogens with one attached hydrogen (secondary N) is 1. The first kappa shape index (κ1) is 14.3. The van der Waals surface area contributed by atoms with Crippen LogP contribution in [0.3, 0.4) is 0 Å². The average molecular weight is 300 g/mol. The van der Waals surface area contributed by atoms with Crippen molar-refractivity contribution < 1.29 is 0 Å². The standard InChI is InChI=1S/C12H15Cl2N5/c1-7-8(12(14)19(2)18-7)6-10(17-15)11-9(13)4-3-5-16-11/h3-5,10,17H,6,15H2,1-2H3. The maximum absolute atomic E-state index is 6.22. The smallest absolute Gasteiger partial charge is 0.130 e. The molecule has 0 fully saturated rings. The van der Waals surface area contributed by atoms with Gasteiger partial charge in [0.25, 0.3) is 0 Å². The molecule has 3 N–H and O–H groups in total. The van der Waals surface area contributed by atoms with Crippen molar-refractivity contribution in [1.82, 2.24) is 20.2 Å². The minimum absolute atomic E-state index is 0.214. The molecule has 0 bridgehead atoms. The zero-order valence-electron chi connectivity index (χ0n) is 10.7. The summed E-state index contributed by atoms with van der Waals surface area (Å²) < 4.78 is 1.64. The Balaban J connectivity index is 2.32. The van der Waals surface area contributed by atoms with Gasteiger partial charge in [0.15, 0.2) is 0 Å². The number of rotatable bonds is 4. The van der Waals surface area contributed by atoms with Gasteiger partial charge >= 0.3 is 0 Å². The van der Waals surface area contributed by atoms with Gasteiger partial charge in [0.1, 0.15) is 5.15 Å². The van der Waals surface area contributed by atoms with Crippen LogP contribution in [0.4, 0.5) is 0 Å². The van der Waals surface area contributed by atoms with E-state index < -0.39 is 0 Å². The van der Waals surface area contributed by atoms with Gasteiger partial charge in [-0.1, -0.05) is 23.2 Å². The van der Waals surface area contributed by atoms with E-state index in [1.165, 1.54) is 0 Å². The molecular weight excluding hydrogens is 285 g/mol. The Hall–Kier alpha value is -1.14.